The number of aromatic nitrogens is 4. The predicted octanol–water partition coefficient (Wildman–Crippen LogP) is 4.37. The van der Waals surface area contributed by atoms with E-state index in [-0.39, 0.29) is 5.97 Å². The van der Waals surface area contributed by atoms with Gasteiger partial charge < -0.3 is 15.0 Å². The van der Waals surface area contributed by atoms with Crippen molar-refractivity contribution in [2.24, 2.45) is 0 Å². The molecule has 1 saturated carbocycles. The molecule has 4 aromatic rings. The standard InChI is InChI=1S/C24H23N5O3/c1-12-3-10-16-18(20-17(12)21(32-28-20)13-4-5-13)19-22(25)26-11-27-23(19)29(16)15-8-6-14(7-9-15)24(30)31-2/h6-9,11-13H,3-5,10H2,1-2H3,(H2,25,26,27). The Morgan fingerprint density at radius 3 is 2.69 bits per heavy atom. The number of carbonyl (C=O) groups excluding carboxylic acids is 1. The van der Waals surface area contributed by atoms with Crippen LogP contribution in [0.4, 0.5) is 5.82 Å². The number of nitrogens with two attached hydrogens (primary N) is 1. The highest BCUT2D eigenvalue weighted by molar-refractivity contribution is 6.03. The van der Waals surface area contributed by atoms with Crippen LogP contribution in [-0.4, -0.2) is 32.8 Å². The zero-order chi connectivity index (χ0) is 22.0. The lowest BCUT2D eigenvalue weighted by Crippen LogP contribution is -2.05. The number of methoxy groups -OCH3 is 1. The Morgan fingerprint density at radius 1 is 1.19 bits per heavy atom. The molecule has 8 heteroatoms. The van der Waals surface area contributed by atoms with Gasteiger partial charge in [0, 0.05) is 28.4 Å². The number of anilines is 1. The number of esters is 1. The first-order valence-corrected chi connectivity index (χ1v) is 10.9. The van der Waals surface area contributed by atoms with Gasteiger partial charge in [-0.1, -0.05) is 12.1 Å². The van der Waals surface area contributed by atoms with Crippen LogP contribution < -0.4 is 5.73 Å². The molecule has 0 aliphatic heterocycles. The van der Waals surface area contributed by atoms with Crippen molar-refractivity contribution in [2.75, 3.05) is 12.8 Å². The first-order valence-electron chi connectivity index (χ1n) is 10.9. The Kier molecular flexibility index (Phi) is 4.11. The molecule has 0 amide bonds. The van der Waals surface area contributed by atoms with Crippen molar-refractivity contribution < 1.29 is 14.1 Å². The third kappa shape index (κ3) is 2.68. The smallest absolute Gasteiger partial charge is 0.337 e. The topological polar surface area (TPSA) is 109 Å². The summed E-state index contributed by atoms with van der Waals surface area (Å²) >= 11 is 0. The van der Waals surface area contributed by atoms with Crippen molar-refractivity contribution in [2.45, 2.75) is 44.4 Å². The summed E-state index contributed by atoms with van der Waals surface area (Å²) in [5.74, 6) is 1.89. The normalized spacial score (nSPS) is 17.6. The van der Waals surface area contributed by atoms with Crippen LogP contribution in [0.2, 0.25) is 0 Å². The van der Waals surface area contributed by atoms with Gasteiger partial charge in [0.25, 0.3) is 0 Å². The minimum absolute atomic E-state index is 0.329. The lowest BCUT2D eigenvalue weighted by atomic mass is 9.94. The minimum Gasteiger partial charge on any atom is -0.465 e. The third-order valence-corrected chi connectivity index (χ3v) is 6.67. The van der Waals surface area contributed by atoms with Crippen LogP contribution in [0.5, 0.6) is 0 Å². The number of ether oxygens (including phenoxy) is 1. The van der Waals surface area contributed by atoms with Crippen molar-refractivity contribution >= 4 is 22.8 Å². The highest BCUT2D eigenvalue weighted by Crippen LogP contribution is 2.51. The van der Waals surface area contributed by atoms with Crippen LogP contribution in [0.15, 0.2) is 35.1 Å². The van der Waals surface area contributed by atoms with Crippen LogP contribution in [0, 0.1) is 0 Å². The molecule has 32 heavy (non-hydrogen) atoms. The number of carbonyl (C=O) groups is 1. The second kappa shape index (κ2) is 6.91. The molecule has 2 aliphatic carbocycles. The van der Waals surface area contributed by atoms with E-state index in [9.17, 15) is 4.79 Å². The van der Waals surface area contributed by atoms with Crippen LogP contribution in [0.1, 0.15) is 65.4 Å². The summed E-state index contributed by atoms with van der Waals surface area (Å²) in [6.45, 7) is 2.24. The highest BCUT2D eigenvalue weighted by atomic mass is 16.5. The van der Waals surface area contributed by atoms with E-state index in [1.165, 1.54) is 19.0 Å². The van der Waals surface area contributed by atoms with Crippen LogP contribution in [-0.2, 0) is 11.2 Å². The maximum Gasteiger partial charge on any atom is 0.337 e. The van der Waals surface area contributed by atoms with Gasteiger partial charge in [0.15, 0.2) is 5.65 Å². The van der Waals surface area contributed by atoms with Crippen LogP contribution >= 0.6 is 0 Å². The molecule has 162 valence electrons. The molecule has 0 spiro atoms. The summed E-state index contributed by atoms with van der Waals surface area (Å²) < 4.78 is 12.8. The molecule has 3 heterocycles. The number of rotatable bonds is 3. The Morgan fingerprint density at radius 2 is 1.97 bits per heavy atom. The molecular weight excluding hydrogens is 406 g/mol. The van der Waals surface area contributed by atoms with Crippen molar-refractivity contribution in [3.05, 3.63) is 53.2 Å². The molecule has 6 rings (SSSR count). The molecule has 2 aliphatic rings. The van der Waals surface area contributed by atoms with Gasteiger partial charge in [-0.25, -0.2) is 14.8 Å². The van der Waals surface area contributed by atoms with Gasteiger partial charge in [0.05, 0.1) is 18.1 Å². The first kappa shape index (κ1) is 19.0. The molecule has 1 fully saturated rings. The van der Waals surface area contributed by atoms with Gasteiger partial charge in [-0.3, -0.25) is 4.57 Å². The summed E-state index contributed by atoms with van der Waals surface area (Å²) in [4.78, 5) is 20.8. The summed E-state index contributed by atoms with van der Waals surface area (Å²) in [6.07, 6.45) is 5.59. The number of nitrogens with zero attached hydrogens (tertiary/aromatic N) is 4. The van der Waals surface area contributed by atoms with Gasteiger partial charge >= 0.3 is 5.97 Å². The Bertz CT molecular complexity index is 1360. The summed E-state index contributed by atoms with van der Waals surface area (Å²) in [5.41, 5.74) is 12.6. The number of hydrogen-bond donors (Lipinski definition) is 1. The van der Waals surface area contributed by atoms with Crippen LogP contribution in [0.3, 0.4) is 0 Å². The molecule has 0 saturated heterocycles. The Hall–Kier alpha value is -3.68. The molecular formula is C24H23N5O3. The van der Waals surface area contributed by atoms with Crippen molar-refractivity contribution in [3.8, 4) is 16.9 Å². The SMILES string of the molecule is COC(=O)c1ccc(-n2c3c(c4c(N)ncnc42)-c2noc(C4CC4)c2C(C)CC3)cc1. The van der Waals surface area contributed by atoms with Crippen molar-refractivity contribution in [1.82, 2.24) is 19.7 Å². The Labute approximate surface area is 184 Å². The second-order valence-corrected chi connectivity index (χ2v) is 8.68. The zero-order valence-electron chi connectivity index (χ0n) is 18.0. The maximum atomic E-state index is 11.9. The van der Waals surface area contributed by atoms with E-state index in [1.807, 2.05) is 12.1 Å². The summed E-state index contributed by atoms with van der Waals surface area (Å²) in [7, 11) is 1.38. The van der Waals surface area contributed by atoms with Gasteiger partial charge in [-0.2, -0.15) is 0 Å². The van der Waals surface area contributed by atoms with E-state index < -0.39 is 0 Å². The largest absolute Gasteiger partial charge is 0.465 e. The quantitative estimate of drug-likeness (QED) is 0.482. The third-order valence-electron chi connectivity index (χ3n) is 6.67. The van der Waals surface area contributed by atoms with Crippen molar-refractivity contribution in [1.29, 1.82) is 0 Å². The van der Waals surface area contributed by atoms with E-state index in [0.717, 1.165) is 65.1 Å². The Balaban J connectivity index is 1.63. The van der Waals surface area contributed by atoms with Gasteiger partial charge in [-0.05, 0) is 55.9 Å². The first-order chi connectivity index (χ1) is 15.6. The van der Waals surface area contributed by atoms with Gasteiger partial charge in [0.2, 0.25) is 0 Å². The fourth-order valence-corrected chi connectivity index (χ4v) is 4.92. The highest BCUT2D eigenvalue weighted by Gasteiger charge is 2.38. The maximum absolute atomic E-state index is 11.9. The molecule has 8 nitrogen and oxygen atoms in total. The molecule has 2 N–H and O–H groups in total. The van der Waals surface area contributed by atoms with Gasteiger partial charge in [0.1, 0.15) is 23.6 Å². The second-order valence-electron chi connectivity index (χ2n) is 8.68. The van der Waals surface area contributed by atoms with E-state index in [1.54, 1.807) is 12.1 Å². The molecule has 1 aromatic carbocycles. The minimum atomic E-state index is -0.368. The number of fused-ring (bicyclic) bond motifs is 5. The average molecular weight is 429 g/mol. The van der Waals surface area contributed by atoms with Gasteiger partial charge in [-0.15, -0.1) is 0 Å². The number of benzene rings is 1. The fraction of sp³-hybridized carbons (Fsp3) is 0.333. The monoisotopic (exact) mass is 429 g/mol. The number of hydrogen-bond acceptors (Lipinski definition) is 7. The molecule has 1 unspecified atom stereocenters. The predicted molar refractivity (Wildman–Crippen MR) is 119 cm³/mol. The van der Waals surface area contributed by atoms with E-state index >= 15 is 0 Å². The van der Waals surface area contributed by atoms with E-state index in [0.29, 0.717) is 23.2 Å². The number of nitrogen functional groups attached to an aromatic ring is 1. The lowest BCUT2D eigenvalue weighted by Gasteiger charge is -2.12. The van der Waals surface area contributed by atoms with E-state index in [4.69, 9.17) is 15.0 Å². The molecule has 0 radical (unpaired) electrons. The fourth-order valence-electron chi connectivity index (χ4n) is 4.92. The average Bonchev–Trinajstić information content (AvgIpc) is 3.50. The summed E-state index contributed by atoms with van der Waals surface area (Å²) in [5, 5.41) is 5.35. The molecule has 0 bridgehead atoms. The lowest BCUT2D eigenvalue weighted by molar-refractivity contribution is 0.0600. The van der Waals surface area contributed by atoms with Crippen LogP contribution in [0.25, 0.3) is 28.0 Å². The molecule has 1 atom stereocenters. The van der Waals surface area contributed by atoms with Crippen molar-refractivity contribution in [3.63, 3.8) is 0 Å². The van der Waals surface area contributed by atoms with E-state index in [2.05, 4.69) is 26.6 Å². The summed E-state index contributed by atoms with van der Waals surface area (Å²) in [6, 6.07) is 7.32. The zero-order valence-corrected chi connectivity index (χ0v) is 18.0. The molecule has 3 aromatic heterocycles.